The van der Waals surface area contributed by atoms with Crippen LogP contribution < -0.4 is 0 Å². The highest BCUT2D eigenvalue weighted by atomic mass is 35.5. The van der Waals surface area contributed by atoms with Gasteiger partial charge in [0.15, 0.2) is 0 Å². The first-order chi connectivity index (χ1) is 15.7. The van der Waals surface area contributed by atoms with Crippen molar-refractivity contribution in [1.82, 2.24) is 4.90 Å². The zero-order valence-electron chi connectivity index (χ0n) is 17.5. The maximum absolute atomic E-state index is 12.8. The van der Waals surface area contributed by atoms with Crippen LogP contribution >= 0.6 is 11.6 Å². The zero-order chi connectivity index (χ0) is 24.0. The molecule has 0 aliphatic carbocycles. The second-order valence-electron chi connectivity index (χ2n) is 7.39. The minimum atomic E-state index is -3.79. The molecule has 33 heavy (non-hydrogen) atoms. The largest absolute Gasteiger partial charge is 0.465 e. The van der Waals surface area contributed by atoms with E-state index in [-0.39, 0.29) is 28.4 Å². The van der Waals surface area contributed by atoms with Crippen molar-refractivity contribution in [2.24, 2.45) is 0 Å². The number of carboxylic acid groups (broad SMARTS) is 1. The smallest absolute Gasteiger partial charge is 0.407 e. The van der Waals surface area contributed by atoms with Crippen LogP contribution in [0.15, 0.2) is 82.6 Å². The molecule has 3 aromatic carbocycles. The molecular formula is C24H22ClNO6S. The number of hydrogen-bond acceptors (Lipinski definition) is 5. The number of sulfone groups is 1. The number of carbonyl (C=O) groups excluding carboxylic acids is 1. The quantitative estimate of drug-likeness (QED) is 0.436. The van der Waals surface area contributed by atoms with Crippen molar-refractivity contribution in [1.29, 1.82) is 0 Å². The van der Waals surface area contributed by atoms with E-state index >= 15 is 0 Å². The third-order valence-corrected chi connectivity index (χ3v) is 7.11. The number of aliphatic hydroxyl groups is 1. The van der Waals surface area contributed by atoms with E-state index in [1.807, 2.05) is 0 Å². The molecule has 3 aromatic rings. The Hall–Kier alpha value is -3.20. The van der Waals surface area contributed by atoms with Gasteiger partial charge in [0.25, 0.3) is 0 Å². The molecule has 0 saturated carbocycles. The zero-order valence-corrected chi connectivity index (χ0v) is 19.0. The molecule has 0 aromatic heterocycles. The maximum atomic E-state index is 12.8. The van der Waals surface area contributed by atoms with Gasteiger partial charge in [-0.15, -0.1) is 0 Å². The highest BCUT2D eigenvalue weighted by Crippen LogP contribution is 2.22. The number of hydrogen-bond donors (Lipinski definition) is 2. The summed E-state index contributed by atoms with van der Waals surface area (Å²) in [5.74, 6) is 0. The summed E-state index contributed by atoms with van der Waals surface area (Å²) in [4.78, 5) is 23.8. The highest BCUT2D eigenvalue weighted by Gasteiger charge is 2.20. The number of nitrogens with zero attached hydrogens (tertiary/aromatic N) is 1. The summed E-state index contributed by atoms with van der Waals surface area (Å²) >= 11 is 5.93. The molecule has 0 bridgehead atoms. The number of rotatable bonds is 9. The van der Waals surface area contributed by atoms with Crippen molar-refractivity contribution < 1.29 is 28.2 Å². The lowest BCUT2D eigenvalue weighted by atomic mass is 10.1. The molecule has 2 N–H and O–H groups in total. The van der Waals surface area contributed by atoms with Crippen molar-refractivity contribution >= 4 is 33.8 Å². The molecule has 0 fully saturated rings. The van der Waals surface area contributed by atoms with Crippen molar-refractivity contribution in [3.8, 4) is 0 Å². The van der Waals surface area contributed by atoms with Crippen LogP contribution in [0, 0.1) is 0 Å². The van der Waals surface area contributed by atoms with Gasteiger partial charge in [-0.05, 0) is 53.9 Å². The first-order valence-corrected chi connectivity index (χ1v) is 11.9. The van der Waals surface area contributed by atoms with Crippen LogP contribution in [-0.2, 0) is 16.3 Å². The van der Waals surface area contributed by atoms with Crippen LogP contribution in [-0.4, -0.2) is 49.0 Å². The summed E-state index contributed by atoms with van der Waals surface area (Å²) < 4.78 is 25.6. The summed E-state index contributed by atoms with van der Waals surface area (Å²) in [6.45, 7) is -0.0182. The Labute approximate surface area is 196 Å². The van der Waals surface area contributed by atoms with Gasteiger partial charge in [-0.1, -0.05) is 48.0 Å². The first-order valence-electron chi connectivity index (χ1n) is 10.0. The Kier molecular flexibility index (Phi) is 7.86. The predicted octanol–water partition coefficient (Wildman–Crippen LogP) is 4.24. The predicted molar refractivity (Wildman–Crippen MR) is 123 cm³/mol. The van der Waals surface area contributed by atoms with Crippen LogP contribution in [0.4, 0.5) is 4.79 Å². The van der Waals surface area contributed by atoms with Gasteiger partial charge in [-0.25, -0.2) is 13.2 Å². The molecule has 3 rings (SSSR count). The van der Waals surface area contributed by atoms with Gasteiger partial charge in [0, 0.05) is 17.1 Å². The van der Waals surface area contributed by atoms with E-state index in [4.69, 9.17) is 11.6 Å². The van der Waals surface area contributed by atoms with Crippen LogP contribution in [0.3, 0.4) is 0 Å². The molecule has 1 atom stereocenters. The first kappa shape index (κ1) is 24.4. The summed E-state index contributed by atoms with van der Waals surface area (Å²) in [6, 6.07) is 18.5. The maximum Gasteiger partial charge on any atom is 0.407 e. The van der Waals surface area contributed by atoms with Gasteiger partial charge >= 0.3 is 6.09 Å². The second kappa shape index (κ2) is 10.6. The highest BCUT2D eigenvalue weighted by molar-refractivity contribution is 7.91. The van der Waals surface area contributed by atoms with Gasteiger partial charge in [0.05, 0.1) is 22.4 Å². The van der Waals surface area contributed by atoms with E-state index in [1.165, 1.54) is 36.4 Å². The van der Waals surface area contributed by atoms with Crippen LogP contribution in [0.2, 0.25) is 5.02 Å². The lowest BCUT2D eigenvalue weighted by Crippen LogP contribution is -2.35. The van der Waals surface area contributed by atoms with E-state index in [0.29, 0.717) is 23.3 Å². The Balaban J connectivity index is 1.68. The van der Waals surface area contributed by atoms with Crippen LogP contribution in [0.25, 0.3) is 0 Å². The van der Waals surface area contributed by atoms with Crippen LogP contribution in [0.5, 0.6) is 0 Å². The minimum Gasteiger partial charge on any atom is -0.465 e. The van der Waals surface area contributed by atoms with Crippen molar-refractivity contribution in [3.63, 3.8) is 0 Å². The lowest BCUT2D eigenvalue weighted by Gasteiger charge is -2.23. The number of benzene rings is 3. The molecule has 0 saturated heterocycles. The molecule has 9 heteroatoms. The van der Waals surface area contributed by atoms with Crippen LogP contribution in [0.1, 0.15) is 27.6 Å². The molecule has 0 radical (unpaired) electrons. The topological polar surface area (TPSA) is 112 Å². The van der Waals surface area contributed by atoms with Gasteiger partial charge in [0.2, 0.25) is 9.84 Å². The summed E-state index contributed by atoms with van der Waals surface area (Å²) in [5, 5.41) is 20.3. The molecule has 7 nitrogen and oxygen atoms in total. The molecule has 1 amide bonds. The fourth-order valence-electron chi connectivity index (χ4n) is 3.28. The number of aldehydes is 1. The van der Waals surface area contributed by atoms with E-state index in [1.54, 1.807) is 36.4 Å². The van der Waals surface area contributed by atoms with E-state index in [2.05, 4.69) is 0 Å². The Bertz CT molecular complexity index is 1240. The number of carbonyl (C=O) groups is 2. The molecule has 0 spiro atoms. The average molecular weight is 488 g/mol. The van der Waals surface area contributed by atoms with Crippen molar-refractivity contribution in [2.45, 2.75) is 22.3 Å². The van der Waals surface area contributed by atoms with E-state index in [0.717, 1.165) is 10.5 Å². The Morgan fingerprint density at radius 2 is 1.70 bits per heavy atom. The molecule has 0 heterocycles. The third kappa shape index (κ3) is 6.19. The van der Waals surface area contributed by atoms with Gasteiger partial charge in [-0.2, -0.15) is 0 Å². The van der Waals surface area contributed by atoms with Gasteiger partial charge < -0.3 is 15.1 Å². The van der Waals surface area contributed by atoms with Gasteiger partial charge in [-0.3, -0.25) is 4.79 Å². The fraction of sp³-hybridized carbons (Fsp3) is 0.167. The van der Waals surface area contributed by atoms with E-state index in [9.17, 15) is 28.2 Å². The molecule has 0 unspecified atom stereocenters. The van der Waals surface area contributed by atoms with Crippen molar-refractivity contribution in [3.05, 3.63) is 94.5 Å². The Morgan fingerprint density at radius 3 is 2.33 bits per heavy atom. The third-order valence-electron chi connectivity index (χ3n) is 5.11. The average Bonchev–Trinajstić information content (AvgIpc) is 2.81. The molecular weight excluding hydrogens is 466 g/mol. The summed E-state index contributed by atoms with van der Waals surface area (Å²) in [6.07, 6.45) is -1.30. The summed E-state index contributed by atoms with van der Waals surface area (Å²) in [5.41, 5.74) is 1.52. The second-order valence-corrected chi connectivity index (χ2v) is 9.77. The molecule has 0 aliphatic heterocycles. The number of halogens is 1. The fourth-order valence-corrected chi connectivity index (χ4v) is 4.80. The number of amides is 1. The molecule has 172 valence electrons. The van der Waals surface area contributed by atoms with E-state index < -0.39 is 22.0 Å². The normalized spacial score (nSPS) is 12.2. The standard InChI is InChI=1S/C24H22ClNO6S/c25-20-5-2-4-19(14-20)23(28)15-26(24(29)30)12-11-17-7-9-21(10-8-17)33(31,32)22-6-1-3-18(13-22)16-27/h1-10,13-14,16,23,28H,11-12,15H2,(H,29,30)/t23-/m0/s1. The lowest BCUT2D eigenvalue weighted by molar-refractivity contribution is 0.0973. The van der Waals surface area contributed by atoms with Gasteiger partial charge in [0.1, 0.15) is 6.29 Å². The SMILES string of the molecule is O=Cc1cccc(S(=O)(=O)c2ccc(CCN(C[C@H](O)c3cccc(Cl)c3)C(=O)O)cc2)c1. The monoisotopic (exact) mass is 487 g/mol. The minimum absolute atomic E-state index is 0.0203. The van der Waals surface area contributed by atoms with Crippen molar-refractivity contribution in [2.75, 3.05) is 13.1 Å². The summed E-state index contributed by atoms with van der Waals surface area (Å²) in [7, 11) is -3.79. The Morgan fingerprint density at radius 1 is 1.00 bits per heavy atom. The molecule has 0 aliphatic rings. The number of aliphatic hydroxyl groups excluding tert-OH is 1.